The molecule has 0 atom stereocenters. The molecule has 0 bridgehead atoms. The van der Waals surface area contributed by atoms with Crippen LogP contribution in [0.1, 0.15) is 12.0 Å². The summed E-state index contributed by atoms with van der Waals surface area (Å²) in [6.07, 6.45) is 1.81. The van der Waals surface area contributed by atoms with Gasteiger partial charge in [0, 0.05) is 12.2 Å². The molecule has 3 amide bonds. The van der Waals surface area contributed by atoms with Crippen molar-refractivity contribution in [3.05, 3.63) is 36.2 Å². The number of nitrogens with zero attached hydrogens (tertiary/aromatic N) is 3. The van der Waals surface area contributed by atoms with Gasteiger partial charge in [-0.2, -0.15) is 0 Å². The summed E-state index contributed by atoms with van der Waals surface area (Å²) in [6.45, 7) is 2.00. The summed E-state index contributed by atoms with van der Waals surface area (Å²) in [4.78, 5) is 21.9. The summed E-state index contributed by atoms with van der Waals surface area (Å²) >= 11 is 1.39. The highest BCUT2D eigenvalue weighted by atomic mass is 32.2. The molecule has 1 aromatic heterocycles. The quantitative estimate of drug-likeness (QED) is 0.809. The Balaban J connectivity index is 2.00. The second-order valence-electron chi connectivity index (χ2n) is 4.28. The Morgan fingerprint density at radius 2 is 2.14 bits per heavy atom. The maximum atomic E-state index is 11.3. The van der Waals surface area contributed by atoms with Crippen molar-refractivity contribution in [2.75, 3.05) is 5.75 Å². The molecular formula is C13H15N5O2S. The van der Waals surface area contributed by atoms with E-state index in [0.29, 0.717) is 10.9 Å². The number of hydrogen-bond acceptors (Lipinski definition) is 5. The first kappa shape index (κ1) is 15.0. The van der Waals surface area contributed by atoms with Gasteiger partial charge >= 0.3 is 6.03 Å². The van der Waals surface area contributed by atoms with Crippen LogP contribution in [0, 0.1) is 6.92 Å². The van der Waals surface area contributed by atoms with Gasteiger partial charge in [0.15, 0.2) is 5.16 Å². The molecule has 0 aliphatic rings. The van der Waals surface area contributed by atoms with Gasteiger partial charge in [-0.25, -0.2) is 4.79 Å². The summed E-state index contributed by atoms with van der Waals surface area (Å²) < 4.78 is 1.87. The number of carbonyl (C=O) groups is 2. The van der Waals surface area contributed by atoms with Crippen LogP contribution in [0.25, 0.3) is 5.69 Å². The summed E-state index contributed by atoms with van der Waals surface area (Å²) in [5, 5.41) is 10.7. The third kappa shape index (κ3) is 4.06. The lowest BCUT2D eigenvalue weighted by Crippen LogP contribution is -2.35. The number of carbonyl (C=O) groups excluding carboxylic acids is 2. The molecule has 0 aliphatic carbocycles. The number of urea groups is 1. The third-order valence-electron chi connectivity index (χ3n) is 2.71. The van der Waals surface area contributed by atoms with Crippen molar-refractivity contribution in [2.24, 2.45) is 5.73 Å². The number of para-hydroxylation sites is 1. The maximum Gasteiger partial charge on any atom is 0.318 e. The zero-order valence-electron chi connectivity index (χ0n) is 11.4. The highest BCUT2D eigenvalue weighted by Gasteiger charge is 2.10. The molecule has 0 saturated heterocycles. The molecule has 0 radical (unpaired) electrons. The summed E-state index contributed by atoms with van der Waals surface area (Å²) in [6, 6.07) is 7.04. The number of benzene rings is 1. The van der Waals surface area contributed by atoms with E-state index in [4.69, 9.17) is 5.73 Å². The minimum Gasteiger partial charge on any atom is -0.351 e. The molecule has 0 unspecified atom stereocenters. The maximum absolute atomic E-state index is 11.3. The molecule has 0 fully saturated rings. The van der Waals surface area contributed by atoms with Crippen LogP contribution in [0.4, 0.5) is 4.79 Å². The van der Waals surface area contributed by atoms with Gasteiger partial charge in [0.25, 0.3) is 0 Å². The number of rotatable bonds is 5. The summed E-state index contributed by atoms with van der Waals surface area (Å²) in [5.41, 5.74) is 6.97. The number of aryl methyl sites for hydroxylation is 1. The van der Waals surface area contributed by atoms with Gasteiger partial charge in [0.1, 0.15) is 6.33 Å². The van der Waals surface area contributed by atoms with E-state index in [1.54, 1.807) is 6.33 Å². The molecule has 1 heterocycles. The minimum absolute atomic E-state index is 0.175. The number of amides is 3. The number of imide groups is 1. The van der Waals surface area contributed by atoms with Crippen molar-refractivity contribution in [2.45, 2.75) is 18.5 Å². The van der Waals surface area contributed by atoms with Gasteiger partial charge in [-0.05, 0) is 18.6 Å². The molecule has 0 saturated carbocycles. The second-order valence-corrected chi connectivity index (χ2v) is 5.34. The van der Waals surface area contributed by atoms with Gasteiger partial charge in [-0.1, -0.05) is 30.0 Å². The van der Waals surface area contributed by atoms with E-state index < -0.39 is 11.9 Å². The molecule has 110 valence electrons. The second kappa shape index (κ2) is 6.89. The topological polar surface area (TPSA) is 103 Å². The molecule has 0 spiro atoms. The van der Waals surface area contributed by atoms with E-state index in [-0.39, 0.29) is 6.42 Å². The van der Waals surface area contributed by atoms with Gasteiger partial charge in [-0.3, -0.25) is 14.7 Å². The van der Waals surface area contributed by atoms with Crippen LogP contribution in [-0.4, -0.2) is 32.5 Å². The predicted octanol–water partition coefficient (Wildman–Crippen LogP) is 1.25. The normalized spacial score (nSPS) is 10.3. The van der Waals surface area contributed by atoms with E-state index in [1.165, 1.54) is 11.8 Å². The monoisotopic (exact) mass is 305 g/mol. The lowest BCUT2D eigenvalue weighted by molar-refractivity contribution is -0.119. The zero-order valence-corrected chi connectivity index (χ0v) is 12.3. The largest absolute Gasteiger partial charge is 0.351 e. The molecule has 7 nitrogen and oxygen atoms in total. The lowest BCUT2D eigenvalue weighted by Gasteiger charge is -2.08. The van der Waals surface area contributed by atoms with Crippen molar-refractivity contribution in [3.8, 4) is 5.69 Å². The van der Waals surface area contributed by atoms with E-state index >= 15 is 0 Å². The Hall–Kier alpha value is -2.35. The Morgan fingerprint density at radius 3 is 2.86 bits per heavy atom. The fraction of sp³-hybridized carbons (Fsp3) is 0.231. The van der Waals surface area contributed by atoms with E-state index in [1.807, 2.05) is 41.1 Å². The molecular weight excluding hydrogens is 290 g/mol. The predicted molar refractivity (Wildman–Crippen MR) is 79.2 cm³/mol. The van der Waals surface area contributed by atoms with Crippen molar-refractivity contribution in [1.82, 2.24) is 20.1 Å². The number of primary amides is 1. The number of nitrogens with two attached hydrogens (primary N) is 1. The smallest absolute Gasteiger partial charge is 0.318 e. The first-order chi connectivity index (χ1) is 10.1. The standard InChI is InChI=1S/C13H15N5O2S/c1-9-4-2-3-5-10(9)18-8-15-17-13(18)21-7-6-11(19)16-12(14)20/h2-5,8H,6-7H2,1H3,(H3,14,16,19,20). The van der Waals surface area contributed by atoms with Crippen LogP contribution in [0.15, 0.2) is 35.7 Å². The first-order valence-corrected chi connectivity index (χ1v) is 7.24. The number of nitrogens with one attached hydrogen (secondary N) is 1. The molecule has 8 heteroatoms. The van der Waals surface area contributed by atoms with E-state index in [9.17, 15) is 9.59 Å². The van der Waals surface area contributed by atoms with Crippen LogP contribution in [0.3, 0.4) is 0 Å². The minimum atomic E-state index is -0.840. The summed E-state index contributed by atoms with van der Waals surface area (Å²) in [5.74, 6) is 0.0703. The van der Waals surface area contributed by atoms with Crippen molar-refractivity contribution in [1.29, 1.82) is 0 Å². The molecule has 3 N–H and O–H groups in total. The van der Waals surface area contributed by atoms with E-state index in [2.05, 4.69) is 10.2 Å². The van der Waals surface area contributed by atoms with Crippen molar-refractivity contribution < 1.29 is 9.59 Å². The Kier molecular flexibility index (Phi) is 4.94. The van der Waals surface area contributed by atoms with Crippen LogP contribution in [-0.2, 0) is 4.79 Å². The Bertz CT molecular complexity index is 656. The van der Waals surface area contributed by atoms with Crippen LogP contribution in [0.2, 0.25) is 0 Å². The highest BCUT2D eigenvalue weighted by molar-refractivity contribution is 7.99. The SMILES string of the molecule is Cc1ccccc1-n1cnnc1SCCC(=O)NC(N)=O. The van der Waals surface area contributed by atoms with Gasteiger partial charge < -0.3 is 5.73 Å². The third-order valence-corrected chi connectivity index (χ3v) is 3.66. The van der Waals surface area contributed by atoms with Gasteiger partial charge in [-0.15, -0.1) is 10.2 Å². The lowest BCUT2D eigenvalue weighted by atomic mass is 10.2. The van der Waals surface area contributed by atoms with Crippen LogP contribution >= 0.6 is 11.8 Å². The molecule has 1 aromatic carbocycles. The summed E-state index contributed by atoms with van der Waals surface area (Å²) in [7, 11) is 0. The zero-order chi connectivity index (χ0) is 15.2. The number of hydrogen-bond donors (Lipinski definition) is 2. The highest BCUT2D eigenvalue weighted by Crippen LogP contribution is 2.22. The number of thioether (sulfide) groups is 1. The van der Waals surface area contributed by atoms with Crippen LogP contribution < -0.4 is 11.1 Å². The molecule has 0 aliphatic heterocycles. The Labute approximate surface area is 125 Å². The fourth-order valence-corrected chi connectivity index (χ4v) is 2.62. The number of aromatic nitrogens is 3. The first-order valence-electron chi connectivity index (χ1n) is 6.26. The van der Waals surface area contributed by atoms with Crippen molar-refractivity contribution in [3.63, 3.8) is 0 Å². The van der Waals surface area contributed by atoms with Gasteiger partial charge in [0.05, 0.1) is 5.69 Å². The van der Waals surface area contributed by atoms with Crippen molar-refractivity contribution >= 4 is 23.7 Å². The fourth-order valence-electron chi connectivity index (χ4n) is 1.76. The molecule has 2 aromatic rings. The molecule has 21 heavy (non-hydrogen) atoms. The van der Waals surface area contributed by atoms with Gasteiger partial charge in [0.2, 0.25) is 5.91 Å². The van der Waals surface area contributed by atoms with Crippen LogP contribution in [0.5, 0.6) is 0 Å². The van der Waals surface area contributed by atoms with E-state index in [0.717, 1.165) is 11.3 Å². The average Bonchev–Trinajstić information content (AvgIpc) is 2.86. The average molecular weight is 305 g/mol. The molecule has 2 rings (SSSR count). The Morgan fingerprint density at radius 1 is 1.38 bits per heavy atom.